The standard InChI is InChI=1S/C18H36N.BrH/c1-2-3-4-5-6-7-8-9-10-14-19-15-11-18(12-16-19)13-17-19;/h18H,2-17H2,1H3;1H/q+1;/p-1. The van der Waals surface area contributed by atoms with Gasteiger partial charge in [-0.1, -0.05) is 51.9 Å². The first-order valence-corrected chi connectivity index (χ1v) is 9.20. The second kappa shape index (κ2) is 10.2. The van der Waals surface area contributed by atoms with Gasteiger partial charge in [-0.3, -0.25) is 0 Å². The van der Waals surface area contributed by atoms with Gasteiger partial charge in [-0.25, -0.2) is 0 Å². The van der Waals surface area contributed by atoms with E-state index in [2.05, 4.69) is 6.92 Å². The minimum Gasteiger partial charge on any atom is -1.00 e. The monoisotopic (exact) mass is 345 g/mol. The molecular formula is C18H36BrN. The second-order valence-corrected chi connectivity index (χ2v) is 7.30. The van der Waals surface area contributed by atoms with E-state index in [1.54, 1.807) is 0 Å². The Kier molecular flexibility index (Phi) is 9.44. The Bertz CT molecular complexity index is 220. The van der Waals surface area contributed by atoms with Crippen molar-refractivity contribution in [2.24, 2.45) is 5.92 Å². The third-order valence-corrected chi connectivity index (χ3v) is 5.77. The zero-order valence-electron chi connectivity index (χ0n) is 13.7. The molecule has 3 heterocycles. The fourth-order valence-corrected chi connectivity index (χ4v) is 4.23. The highest BCUT2D eigenvalue weighted by molar-refractivity contribution is 4.71. The molecule has 3 rings (SSSR count). The Morgan fingerprint density at radius 1 is 0.700 bits per heavy atom. The number of hydrogen-bond donors (Lipinski definition) is 0. The summed E-state index contributed by atoms with van der Waals surface area (Å²) >= 11 is 0. The maximum absolute atomic E-state index is 2.30. The van der Waals surface area contributed by atoms with Crippen molar-refractivity contribution in [2.45, 2.75) is 84.0 Å². The fourth-order valence-electron chi connectivity index (χ4n) is 4.23. The van der Waals surface area contributed by atoms with Crippen molar-refractivity contribution in [3.63, 3.8) is 0 Å². The van der Waals surface area contributed by atoms with Crippen LogP contribution in [-0.2, 0) is 0 Å². The predicted molar refractivity (Wildman–Crippen MR) is 84.3 cm³/mol. The van der Waals surface area contributed by atoms with Crippen LogP contribution < -0.4 is 17.0 Å². The molecule has 1 nitrogen and oxygen atoms in total. The SMILES string of the molecule is CCCCCCCCCCC[N+]12CCC(CC1)CC2.[Br-]. The van der Waals surface area contributed by atoms with Crippen molar-refractivity contribution in [3.8, 4) is 0 Å². The van der Waals surface area contributed by atoms with Gasteiger partial charge in [0.15, 0.2) is 0 Å². The molecule has 0 spiro atoms. The van der Waals surface area contributed by atoms with Crippen molar-refractivity contribution in [1.29, 1.82) is 0 Å². The van der Waals surface area contributed by atoms with Crippen LogP contribution in [0.2, 0.25) is 0 Å². The van der Waals surface area contributed by atoms with E-state index in [1.807, 2.05) is 0 Å². The number of nitrogens with zero attached hydrogens (tertiary/aromatic N) is 1. The van der Waals surface area contributed by atoms with E-state index in [0.717, 1.165) is 5.92 Å². The number of rotatable bonds is 10. The Morgan fingerprint density at radius 2 is 1.15 bits per heavy atom. The van der Waals surface area contributed by atoms with Crippen LogP contribution in [0.1, 0.15) is 84.0 Å². The van der Waals surface area contributed by atoms with Gasteiger partial charge in [0, 0.05) is 0 Å². The van der Waals surface area contributed by atoms with Crippen molar-refractivity contribution < 1.29 is 21.5 Å². The van der Waals surface area contributed by atoms with Crippen LogP contribution >= 0.6 is 0 Å². The molecular weight excluding hydrogens is 310 g/mol. The van der Waals surface area contributed by atoms with E-state index in [-0.39, 0.29) is 17.0 Å². The van der Waals surface area contributed by atoms with Crippen molar-refractivity contribution >= 4 is 0 Å². The Labute approximate surface area is 137 Å². The molecule has 0 aromatic heterocycles. The van der Waals surface area contributed by atoms with E-state index in [4.69, 9.17) is 0 Å². The van der Waals surface area contributed by atoms with Crippen molar-refractivity contribution in [3.05, 3.63) is 0 Å². The summed E-state index contributed by atoms with van der Waals surface area (Å²) in [4.78, 5) is 0. The van der Waals surface area contributed by atoms with Crippen molar-refractivity contribution in [2.75, 3.05) is 26.2 Å². The molecule has 0 aromatic rings. The lowest BCUT2D eigenvalue weighted by Crippen LogP contribution is -3.00. The van der Waals surface area contributed by atoms with Crippen LogP contribution in [0.4, 0.5) is 0 Å². The molecule has 0 radical (unpaired) electrons. The zero-order valence-corrected chi connectivity index (χ0v) is 15.3. The molecule has 3 aliphatic rings. The van der Waals surface area contributed by atoms with E-state index in [0.29, 0.717) is 0 Å². The topological polar surface area (TPSA) is 0 Å². The number of piperidine rings is 3. The van der Waals surface area contributed by atoms with Crippen LogP contribution in [0.15, 0.2) is 0 Å². The van der Waals surface area contributed by atoms with E-state index >= 15 is 0 Å². The van der Waals surface area contributed by atoms with Crippen LogP contribution in [0, 0.1) is 5.92 Å². The number of halogens is 1. The molecule has 120 valence electrons. The van der Waals surface area contributed by atoms with Gasteiger partial charge < -0.3 is 21.5 Å². The van der Waals surface area contributed by atoms with Crippen LogP contribution in [-0.4, -0.2) is 30.7 Å². The molecule has 0 aromatic carbocycles. The Hall–Kier alpha value is 0.440. The third kappa shape index (κ3) is 6.05. The lowest BCUT2D eigenvalue weighted by Gasteiger charge is -2.49. The smallest absolute Gasteiger partial charge is 0.0789 e. The van der Waals surface area contributed by atoms with Gasteiger partial charge in [-0.05, 0) is 38.0 Å². The van der Waals surface area contributed by atoms with E-state index in [1.165, 1.54) is 108 Å². The highest BCUT2D eigenvalue weighted by Crippen LogP contribution is 2.33. The normalized spacial score (nSPS) is 28.4. The van der Waals surface area contributed by atoms with Gasteiger partial charge in [0.2, 0.25) is 0 Å². The summed E-state index contributed by atoms with van der Waals surface area (Å²) in [5, 5.41) is 0. The first-order valence-electron chi connectivity index (χ1n) is 9.20. The molecule has 0 atom stereocenters. The second-order valence-electron chi connectivity index (χ2n) is 7.30. The minimum atomic E-state index is 0. The number of quaternary nitrogens is 1. The molecule has 0 N–H and O–H groups in total. The third-order valence-electron chi connectivity index (χ3n) is 5.77. The Balaban J connectivity index is 0.00000200. The van der Waals surface area contributed by atoms with Crippen molar-refractivity contribution in [1.82, 2.24) is 0 Å². The first kappa shape index (κ1) is 18.5. The summed E-state index contributed by atoms with van der Waals surface area (Å²) in [6.07, 6.45) is 17.9. The molecule has 3 fully saturated rings. The number of fused-ring (bicyclic) bond motifs is 3. The zero-order chi connectivity index (χ0) is 13.4. The average Bonchev–Trinajstić information content (AvgIpc) is 2.47. The maximum atomic E-state index is 2.30. The average molecular weight is 346 g/mol. The van der Waals surface area contributed by atoms with Gasteiger partial charge in [-0.2, -0.15) is 0 Å². The lowest BCUT2D eigenvalue weighted by atomic mass is 9.85. The van der Waals surface area contributed by atoms with E-state index in [9.17, 15) is 0 Å². The lowest BCUT2D eigenvalue weighted by molar-refractivity contribution is -0.942. The van der Waals surface area contributed by atoms with Gasteiger partial charge in [0.05, 0.1) is 26.2 Å². The summed E-state index contributed by atoms with van der Waals surface area (Å²) in [6, 6.07) is 0. The molecule has 0 amide bonds. The first-order chi connectivity index (χ1) is 9.35. The van der Waals surface area contributed by atoms with Gasteiger partial charge >= 0.3 is 0 Å². The van der Waals surface area contributed by atoms with Crippen LogP contribution in [0.5, 0.6) is 0 Å². The molecule has 3 saturated heterocycles. The predicted octanol–water partition coefficient (Wildman–Crippen LogP) is 2.15. The highest BCUT2D eigenvalue weighted by Gasteiger charge is 2.38. The number of unbranched alkanes of at least 4 members (excludes halogenated alkanes) is 8. The quantitative estimate of drug-likeness (QED) is 0.420. The fraction of sp³-hybridized carbons (Fsp3) is 1.00. The maximum Gasteiger partial charge on any atom is 0.0789 e. The summed E-state index contributed by atoms with van der Waals surface area (Å²) in [5.74, 6) is 1.11. The molecule has 0 unspecified atom stereocenters. The largest absolute Gasteiger partial charge is 1.00 e. The van der Waals surface area contributed by atoms with Crippen LogP contribution in [0.3, 0.4) is 0 Å². The molecule has 0 saturated carbocycles. The molecule has 3 aliphatic heterocycles. The highest BCUT2D eigenvalue weighted by atomic mass is 79.9. The summed E-state index contributed by atoms with van der Waals surface area (Å²) in [6.45, 7) is 8.35. The molecule has 0 aliphatic carbocycles. The van der Waals surface area contributed by atoms with E-state index < -0.39 is 0 Å². The Morgan fingerprint density at radius 3 is 1.65 bits per heavy atom. The summed E-state index contributed by atoms with van der Waals surface area (Å²) < 4.78 is 1.51. The molecule has 2 heteroatoms. The molecule has 2 bridgehead atoms. The summed E-state index contributed by atoms with van der Waals surface area (Å²) in [7, 11) is 0. The minimum absolute atomic E-state index is 0. The van der Waals surface area contributed by atoms with Gasteiger partial charge in [0.25, 0.3) is 0 Å². The van der Waals surface area contributed by atoms with Crippen LogP contribution in [0.25, 0.3) is 0 Å². The van der Waals surface area contributed by atoms with Gasteiger partial charge in [-0.15, -0.1) is 0 Å². The summed E-state index contributed by atoms with van der Waals surface area (Å²) in [5.41, 5.74) is 0. The van der Waals surface area contributed by atoms with Gasteiger partial charge in [0.1, 0.15) is 0 Å². The number of hydrogen-bond acceptors (Lipinski definition) is 0. The molecule has 20 heavy (non-hydrogen) atoms.